The molecule has 0 bridgehead atoms. The lowest BCUT2D eigenvalue weighted by molar-refractivity contribution is -0.119. The Bertz CT molecular complexity index is 174. The summed E-state index contributed by atoms with van der Waals surface area (Å²) in [4.78, 5) is 10.7. The van der Waals surface area contributed by atoms with E-state index < -0.39 is 0 Å². The molecule has 0 radical (unpaired) electrons. The average Bonchev–Trinajstić information content (AvgIpc) is 2.22. The molecule has 0 unspecified atom stereocenters. The van der Waals surface area contributed by atoms with Gasteiger partial charge in [0.05, 0.1) is 6.04 Å². The number of carbonyl (C=O) groups excluding carboxylic acids is 1. The molecule has 0 saturated carbocycles. The second-order valence-electron chi connectivity index (χ2n) is 2.72. The van der Waals surface area contributed by atoms with E-state index in [1.54, 1.807) is 0 Å². The van der Waals surface area contributed by atoms with E-state index in [4.69, 9.17) is 0 Å². The van der Waals surface area contributed by atoms with Gasteiger partial charge in [0.25, 0.3) is 0 Å². The summed E-state index contributed by atoms with van der Waals surface area (Å²) >= 11 is 0. The van der Waals surface area contributed by atoms with Gasteiger partial charge < -0.3 is 5.32 Å². The van der Waals surface area contributed by atoms with Crippen molar-refractivity contribution in [3.05, 3.63) is 12.2 Å². The summed E-state index contributed by atoms with van der Waals surface area (Å²) in [5.41, 5.74) is 0. The molecule has 2 rings (SSSR count). The maximum Gasteiger partial charge on any atom is 0.220 e. The van der Waals surface area contributed by atoms with Gasteiger partial charge in [-0.25, -0.2) is 0 Å². The number of amides is 1. The van der Waals surface area contributed by atoms with E-state index in [9.17, 15) is 4.79 Å². The summed E-state index contributed by atoms with van der Waals surface area (Å²) in [6, 6.07) is 0.373. The molecule has 1 aliphatic heterocycles. The number of carbonyl (C=O) groups is 1. The summed E-state index contributed by atoms with van der Waals surface area (Å²) in [7, 11) is 0. The van der Waals surface area contributed by atoms with Crippen LogP contribution >= 0.6 is 0 Å². The fourth-order valence-electron chi connectivity index (χ4n) is 1.56. The van der Waals surface area contributed by atoms with E-state index in [2.05, 4.69) is 17.5 Å². The highest BCUT2D eigenvalue weighted by molar-refractivity contribution is 5.79. The molecule has 1 aliphatic carbocycles. The monoisotopic (exact) mass is 123 g/mol. The maximum absolute atomic E-state index is 10.7. The van der Waals surface area contributed by atoms with Crippen LogP contribution in [0.25, 0.3) is 0 Å². The summed E-state index contributed by atoms with van der Waals surface area (Å²) in [5, 5.41) is 2.89. The number of fused-ring (bicyclic) bond motifs is 1. The van der Waals surface area contributed by atoms with Crippen molar-refractivity contribution in [2.75, 3.05) is 0 Å². The Morgan fingerprint density at radius 2 is 2.56 bits per heavy atom. The van der Waals surface area contributed by atoms with Crippen molar-refractivity contribution in [1.82, 2.24) is 5.32 Å². The zero-order chi connectivity index (χ0) is 6.27. The minimum absolute atomic E-state index is 0.217. The molecule has 1 N–H and O–H groups in total. The van der Waals surface area contributed by atoms with Crippen molar-refractivity contribution in [2.45, 2.75) is 18.9 Å². The summed E-state index contributed by atoms with van der Waals surface area (Å²) in [6.45, 7) is 0. The van der Waals surface area contributed by atoms with Crippen LogP contribution in [0.1, 0.15) is 12.8 Å². The SMILES string of the molecule is O=C1C[C@H]2CC=C[C@@H]2N1. The fraction of sp³-hybridized carbons (Fsp3) is 0.571. The first kappa shape index (κ1) is 5.03. The summed E-state index contributed by atoms with van der Waals surface area (Å²) < 4.78 is 0. The van der Waals surface area contributed by atoms with Gasteiger partial charge in [-0.05, 0) is 12.3 Å². The van der Waals surface area contributed by atoms with Crippen molar-refractivity contribution >= 4 is 5.91 Å². The van der Waals surface area contributed by atoms with E-state index in [1.165, 1.54) is 0 Å². The summed E-state index contributed by atoms with van der Waals surface area (Å²) in [6.07, 6.45) is 6.06. The lowest BCUT2D eigenvalue weighted by Gasteiger charge is -2.03. The van der Waals surface area contributed by atoms with Gasteiger partial charge in [0, 0.05) is 6.42 Å². The number of hydrogen-bond acceptors (Lipinski definition) is 1. The zero-order valence-electron chi connectivity index (χ0n) is 5.13. The van der Waals surface area contributed by atoms with Crippen molar-refractivity contribution < 1.29 is 4.79 Å². The highest BCUT2D eigenvalue weighted by Gasteiger charge is 2.32. The van der Waals surface area contributed by atoms with Crippen LogP contribution in [-0.4, -0.2) is 11.9 Å². The van der Waals surface area contributed by atoms with Crippen LogP contribution in [0.15, 0.2) is 12.2 Å². The molecule has 48 valence electrons. The van der Waals surface area contributed by atoms with E-state index in [0.717, 1.165) is 12.8 Å². The quantitative estimate of drug-likeness (QED) is 0.465. The molecule has 0 aromatic carbocycles. The van der Waals surface area contributed by atoms with Gasteiger partial charge in [-0.15, -0.1) is 0 Å². The van der Waals surface area contributed by atoms with Crippen LogP contribution in [0.5, 0.6) is 0 Å². The summed E-state index contributed by atoms with van der Waals surface area (Å²) in [5.74, 6) is 0.798. The maximum atomic E-state index is 10.7. The van der Waals surface area contributed by atoms with Gasteiger partial charge >= 0.3 is 0 Å². The molecule has 1 fully saturated rings. The Hall–Kier alpha value is -0.790. The van der Waals surface area contributed by atoms with E-state index in [-0.39, 0.29) is 5.91 Å². The standard InChI is InChI=1S/C7H9NO/c9-7-4-5-2-1-3-6(5)8-7/h1,3,5-6H,2,4H2,(H,8,9)/t5-,6+/m1/s1. The lowest BCUT2D eigenvalue weighted by atomic mass is 10.0. The third kappa shape index (κ3) is 0.661. The Morgan fingerprint density at radius 3 is 3.33 bits per heavy atom. The molecular formula is C7H9NO. The Balaban J connectivity index is 2.17. The third-order valence-electron chi connectivity index (χ3n) is 2.07. The molecule has 2 heteroatoms. The van der Waals surface area contributed by atoms with Crippen LogP contribution in [0.4, 0.5) is 0 Å². The van der Waals surface area contributed by atoms with Crippen molar-refractivity contribution in [3.8, 4) is 0 Å². The minimum Gasteiger partial charge on any atom is -0.350 e. The number of rotatable bonds is 0. The smallest absolute Gasteiger partial charge is 0.220 e. The van der Waals surface area contributed by atoms with Crippen molar-refractivity contribution in [2.24, 2.45) is 5.92 Å². The van der Waals surface area contributed by atoms with Gasteiger partial charge in [0.1, 0.15) is 0 Å². The van der Waals surface area contributed by atoms with Crippen molar-refractivity contribution in [3.63, 3.8) is 0 Å². The predicted octanol–water partition coefficient (Wildman–Crippen LogP) is 0.451. The van der Waals surface area contributed by atoms with Crippen LogP contribution in [0.2, 0.25) is 0 Å². The first-order valence-electron chi connectivity index (χ1n) is 3.32. The predicted molar refractivity (Wildman–Crippen MR) is 33.8 cm³/mol. The lowest BCUT2D eigenvalue weighted by Crippen LogP contribution is -2.24. The molecule has 2 atom stereocenters. The highest BCUT2D eigenvalue weighted by Crippen LogP contribution is 2.26. The molecular weight excluding hydrogens is 114 g/mol. The molecule has 1 saturated heterocycles. The minimum atomic E-state index is 0.217. The second-order valence-corrected chi connectivity index (χ2v) is 2.72. The van der Waals surface area contributed by atoms with Gasteiger partial charge in [0.15, 0.2) is 0 Å². The molecule has 0 aromatic rings. The van der Waals surface area contributed by atoms with Crippen LogP contribution in [0.3, 0.4) is 0 Å². The van der Waals surface area contributed by atoms with Crippen LogP contribution in [-0.2, 0) is 4.79 Å². The van der Waals surface area contributed by atoms with Crippen LogP contribution < -0.4 is 5.32 Å². The van der Waals surface area contributed by atoms with Crippen LogP contribution in [0, 0.1) is 5.92 Å². The number of allylic oxidation sites excluding steroid dienone is 1. The van der Waals surface area contributed by atoms with Gasteiger partial charge in [-0.3, -0.25) is 4.79 Å². The second kappa shape index (κ2) is 1.59. The molecule has 2 nitrogen and oxygen atoms in total. The van der Waals surface area contributed by atoms with E-state index in [0.29, 0.717) is 12.0 Å². The fourth-order valence-corrected chi connectivity index (χ4v) is 1.56. The molecule has 2 aliphatic rings. The number of hydrogen-bond donors (Lipinski definition) is 1. The Kier molecular flexibility index (Phi) is 0.891. The Morgan fingerprint density at radius 1 is 1.67 bits per heavy atom. The largest absolute Gasteiger partial charge is 0.350 e. The van der Waals surface area contributed by atoms with Crippen molar-refractivity contribution in [1.29, 1.82) is 0 Å². The molecule has 1 amide bonds. The first-order valence-corrected chi connectivity index (χ1v) is 3.32. The molecule has 0 aromatic heterocycles. The molecule has 1 heterocycles. The molecule has 9 heavy (non-hydrogen) atoms. The van der Waals surface area contributed by atoms with Gasteiger partial charge in [-0.1, -0.05) is 12.2 Å². The average molecular weight is 123 g/mol. The Labute approximate surface area is 53.9 Å². The number of nitrogens with one attached hydrogen (secondary N) is 1. The molecule has 0 spiro atoms. The zero-order valence-corrected chi connectivity index (χ0v) is 5.13. The topological polar surface area (TPSA) is 29.1 Å². The van der Waals surface area contributed by atoms with E-state index in [1.807, 2.05) is 0 Å². The van der Waals surface area contributed by atoms with E-state index >= 15 is 0 Å². The highest BCUT2D eigenvalue weighted by atomic mass is 16.1. The first-order chi connectivity index (χ1) is 4.36. The van der Waals surface area contributed by atoms with Gasteiger partial charge in [-0.2, -0.15) is 0 Å². The third-order valence-corrected chi connectivity index (χ3v) is 2.07. The normalized spacial score (nSPS) is 38.9. The van der Waals surface area contributed by atoms with Gasteiger partial charge in [0.2, 0.25) is 5.91 Å².